The van der Waals surface area contributed by atoms with Gasteiger partial charge in [-0.25, -0.2) is 0 Å². The van der Waals surface area contributed by atoms with Crippen molar-refractivity contribution in [3.8, 4) is 0 Å². The van der Waals surface area contributed by atoms with E-state index in [1.54, 1.807) is 6.07 Å². The van der Waals surface area contributed by atoms with Gasteiger partial charge in [0.15, 0.2) is 0 Å². The van der Waals surface area contributed by atoms with Gasteiger partial charge < -0.3 is 5.32 Å². The molecule has 100 valence electrons. The Kier molecular flexibility index (Phi) is 4.13. The van der Waals surface area contributed by atoms with Crippen LogP contribution in [-0.2, 0) is 10.1 Å². The maximum absolute atomic E-state index is 12.0. The molecule has 18 heavy (non-hydrogen) atoms. The summed E-state index contributed by atoms with van der Waals surface area (Å²) in [4.78, 5) is 11.6. The van der Waals surface area contributed by atoms with Crippen molar-refractivity contribution in [1.29, 1.82) is 0 Å². The first-order valence-corrected chi connectivity index (χ1v) is 7.00. The van der Waals surface area contributed by atoms with Gasteiger partial charge in [0.05, 0.1) is 5.56 Å². The van der Waals surface area contributed by atoms with E-state index in [0.717, 1.165) is 0 Å². The van der Waals surface area contributed by atoms with E-state index in [0.29, 0.717) is 6.42 Å². The van der Waals surface area contributed by atoms with Crippen LogP contribution >= 0.6 is 0 Å². The normalized spacial score (nSPS) is 12.2. The summed E-state index contributed by atoms with van der Waals surface area (Å²) in [5, 5.41) is 2.72. The molecule has 0 fully saturated rings. The van der Waals surface area contributed by atoms with E-state index >= 15 is 0 Å². The molecule has 1 aromatic rings. The molecule has 0 saturated heterocycles. The van der Waals surface area contributed by atoms with Crippen molar-refractivity contribution in [3.05, 3.63) is 29.8 Å². The monoisotopic (exact) mass is 271 g/mol. The predicted octanol–water partition coefficient (Wildman–Crippen LogP) is 1.85. The molecule has 6 heteroatoms. The zero-order chi connectivity index (χ0) is 14.0. The molecule has 0 bridgehead atoms. The molecule has 0 atom stereocenters. The molecular weight excluding hydrogens is 254 g/mol. The summed E-state index contributed by atoms with van der Waals surface area (Å²) < 4.78 is 31.4. The van der Waals surface area contributed by atoms with Gasteiger partial charge in [-0.3, -0.25) is 9.35 Å². The molecule has 2 N–H and O–H groups in total. The first-order chi connectivity index (χ1) is 8.17. The van der Waals surface area contributed by atoms with Gasteiger partial charge >= 0.3 is 0 Å². The Labute approximate surface area is 107 Å². The SMILES string of the molecule is CCC(C)(C)NC(=O)c1ccccc1S(=O)(=O)O. The van der Waals surface area contributed by atoms with Crippen LogP contribution in [0.3, 0.4) is 0 Å². The Bertz CT molecular complexity index is 549. The molecule has 0 aliphatic carbocycles. The van der Waals surface area contributed by atoms with Crippen LogP contribution in [0.25, 0.3) is 0 Å². The third kappa shape index (κ3) is 3.54. The quantitative estimate of drug-likeness (QED) is 0.819. The van der Waals surface area contributed by atoms with Crippen LogP contribution in [0.2, 0.25) is 0 Å². The Hall–Kier alpha value is -1.40. The van der Waals surface area contributed by atoms with Gasteiger partial charge in [-0.2, -0.15) is 8.42 Å². The van der Waals surface area contributed by atoms with Crippen LogP contribution in [-0.4, -0.2) is 24.4 Å². The van der Waals surface area contributed by atoms with Crippen molar-refractivity contribution in [2.24, 2.45) is 0 Å². The maximum Gasteiger partial charge on any atom is 0.295 e. The smallest absolute Gasteiger partial charge is 0.295 e. The summed E-state index contributed by atoms with van der Waals surface area (Å²) in [7, 11) is -4.40. The average molecular weight is 271 g/mol. The fourth-order valence-corrected chi connectivity index (χ4v) is 2.03. The lowest BCUT2D eigenvalue weighted by Crippen LogP contribution is -2.43. The van der Waals surface area contributed by atoms with E-state index in [-0.39, 0.29) is 10.5 Å². The lowest BCUT2D eigenvalue weighted by Gasteiger charge is -2.24. The molecule has 1 aromatic carbocycles. The Morgan fingerprint density at radius 1 is 1.33 bits per heavy atom. The fraction of sp³-hybridized carbons (Fsp3) is 0.417. The highest BCUT2D eigenvalue weighted by Gasteiger charge is 2.24. The number of rotatable bonds is 4. The molecule has 0 aromatic heterocycles. The van der Waals surface area contributed by atoms with Crippen LogP contribution in [0.4, 0.5) is 0 Å². The summed E-state index contributed by atoms with van der Waals surface area (Å²) in [6, 6.07) is 5.56. The summed E-state index contributed by atoms with van der Waals surface area (Å²) >= 11 is 0. The Balaban J connectivity index is 3.16. The summed E-state index contributed by atoms with van der Waals surface area (Å²) in [6.45, 7) is 5.58. The summed E-state index contributed by atoms with van der Waals surface area (Å²) in [6.07, 6.45) is 0.701. The maximum atomic E-state index is 12.0. The minimum atomic E-state index is -4.40. The van der Waals surface area contributed by atoms with E-state index in [9.17, 15) is 13.2 Å². The zero-order valence-corrected chi connectivity index (χ0v) is 11.4. The fourth-order valence-electron chi connectivity index (χ4n) is 1.34. The topological polar surface area (TPSA) is 83.5 Å². The van der Waals surface area contributed by atoms with Crippen LogP contribution < -0.4 is 5.32 Å². The zero-order valence-electron chi connectivity index (χ0n) is 10.6. The van der Waals surface area contributed by atoms with Gasteiger partial charge in [0.25, 0.3) is 16.0 Å². The highest BCUT2D eigenvalue weighted by Crippen LogP contribution is 2.17. The third-order valence-corrected chi connectivity index (χ3v) is 3.66. The lowest BCUT2D eigenvalue weighted by atomic mass is 10.0. The van der Waals surface area contributed by atoms with E-state index in [1.165, 1.54) is 18.2 Å². The van der Waals surface area contributed by atoms with Gasteiger partial charge in [0.1, 0.15) is 4.90 Å². The van der Waals surface area contributed by atoms with Crippen molar-refractivity contribution in [2.75, 3.05) is 0 Å². The first kappa shape index (κ1) is 14.7. The summed E-state index contributed by atoms with van der Waals surface area (Å²) in [5.74, 6) is -0.518. The van der Waals surface area contributed by atoms with Crippen LogP contribution in [0.5, 0.6) is 0 Å². The van der Waals surface area contributed by atoms with Crippen molar-refractivity contribution in [3.63, 3.8) is 0 Å². The highest BCUT2D eigenvalue weighted by molar-refractivity contribution is 7.86. The number of benzene rings is 1. The number of carbonyl (C=O) groups excluding carboxylic acids is 1. The first-order valence-electron chi connectivity index (χ1n) is 5.56. The second kappa shape index (κ2) is 5.07. The summed E-state index contributed by atoms with van der Waals surface area (Å²) in [5.41, 5.74) is -0.495. The number of nitrogens with one attached hydrogen (secondary N) is 1. The minimum absolute atomic E-state index is 0.0541. The number of hydrogen-bond acceptors (Lipinski definition) is 3. The molecule has 0 radical (unpaired) electrons. The van der Waals surface area contributed by atoms with E-state index < -0.39 is 21.6 Å². The molecule has 0 aliphatic heterocycles. The second-order valence-electron chi connectivity index (χ2n) is 4.66. The Morgan fingerprint density at radius 2 is 1.89 bits per heavy atom. The van der Waals surface area contributed by atoms with Crippen LogP contribution in [0.15, 0.2) is 29.2 Å². The Morgan fingerprint density at radius 3 is 2.39 bits per heavy atom. The molecule has 0 heterocycles. The predicted molar refractivity (Wildman–Crippen MR) is 68.1 cm³/mol. The third-order valence-electron chi connectivity index (χ3n) is 2.75. The van der Waals surface area contributed by atoms with Gasteiger partial charge in [0, 0.05) is 5.54 Å². The van der Waals surface area contributed by atoms with Crippen molar-refractivity contribution < 1.29 is 17.8 Å². The highest BCUT2D eigenvalue weighted by atomic mass is 32.2. The lowest BCUT2D eigenvalue weighted by molar-refractivity contribution is 0.0907. The molecule has 0 aliphatic rings. The average Bonchev–Trinajstić information content (AvgIpc) is 2.27. The van der Waals surface area contributed by atoms with E-state index in [1.807, 2.05) is 20.8 Å². The van der Waals surface area contributed by atoms with E-state index in [4.69, 9.17) is 4.55 Å². The van der Waals surface area contributed by atoms with Crippen molar-refractivity contribution in [1.82, 2.24) is 5.32 Å². The molecule has 1 rings (SSSR count). The molecule has 0 unspecified atom stereocenters. The van der Waals surface area contributed by atoms with Gasteiger partial charge in [-0.15, -0.1) is 0 Å². The largest absolute Gasteiger partial charge is 0.347 e. The van der Waals surface area contributed by atoms with Gasteiger partial charge in [-0.1, -0.05) is 19.1 Å². The number of hydrogen-bond donors (Lipinski definition) is 2. The standard InChI is InChI=1S/C12H17NO4S/c1-4-12(2,3)13-11(14)9-7-5-6-8-10(9)18(15,16)17/h5-8H,4H2,1-3H3,(H,13,14)(H,15,16,17). The van der Waals surface area contributed by atoms with Crippen LogP contribution in [0.1, 0.15) is 37.6 Å². The van der Waals surface area contributed by atoms with Gasteiger partial charge in [0.2, 0.25) is 0 Å². The molecule has 0 saturated carbocycles. The number of amides is 1. The molecule has 5 nitrogen and oxygen atoms in total. The van der Waals surface area contributed by atoms with Crippen molar-refractivity contribution >= 4 is 16.0 Å². The molecule has 1 amide bonds. The molecular formula is C12H17NO4S. The van der Waals surface area contributed by atoms with Crippen LogP contribution in [0, 0.1) is 0 Å². The van der Waals surface area contributed by atoms with E-state index in [2.05, 4.69) is 5.32 Å². The minimum Gasteiger partial charge on any atom is -0.347 e. The second-order valence-corrected chi connectivity index (χ2v) is 6.05. The number of carbonyl (C=O) groups is 1. The molecule has 0 spiro atoms. The van der Waals surface area contributed by atoms with Crippen molar-refractivity contribution in [2.45, 2.75) is 37.6 Å². The van der Waals surface area contributed by atoms with Gasteiger partial charge in [-0.05, 0) is 32.4 Å².